The van der Waals surface area contributed by atoms with Crippen LogP contribution in [0.5, 0.6) is 0 Å². The van der Waals surface area contributed by atoms with Gasteiger partial charge in [-0.1, -0.05) is 31.2 Å². The Bertz CT molecular complexity index is 171. The standard InChI is InChI=1S/C11H19N/c1-4-10(2)9-12-7-5-11(3)6-8-12/h2-9H2,1H3. The van der Waals surface area contributed by atoms with Gasteiger partial charge in [-0.2, -0.15) is 0 Å². The van der Waals surface area contributed by atoms with E-state index in [-0.39, 0.29) is 0 Å². The highest BCUT2D eigenvalue weighted by Crippen LogP contribution is 2.14. The molecule has 0 aliphatic carbocycles. The van der Waals surface area contributed by atoms with Crippen molar-refractivity contribution in [2.45, 2.75) is 26.2 Å². The van der Waals surface area contributed by atoms with Crippen LogP contribution in [0.2, 0.25) is 0 Å². The second-order valence-corrected chi connectivity index (χ2v) is 3.63. The zero-order chi connectivity index (χ0) is 8.97. The first-order valence-electron chi connectivity index (χ1n) is 4.78. The van der Waals surface area contributed by atoms with E-state index in [1.165, 1.54) is 37.1 Å². The average molecular weight is 165 g/mol. The van der Waals surface area contributed by atoms with Crippen LogP contribution in [0.3, 0.4) is 0 Å². The third kappa shape index (κ3) is 2.82. The molecule has 0 N–H and O–H groups in total. The molecule has 1 saturated heterocycles. The predicted molar refractivity (Wildman–Crippen MR) is 54.2 cm³/mol. The summed E-state index contributed by atoms with van der Waals surface area (Å²) in [5, 5.41) is 0. The van der Waals surface area contributed by atoms with E-state index in [9.17, 15) is 0 Å². The van der Waals surface area contributed by atoms with E-state index in [0.29, 0.717) is 0 Å². The average Bonchev–Trinajstić information content (AvgIpc) is 2.09. The highest BCUT2D eigenvalue weighted by Gasteiger charge is 2.11. The van der Waals surface area contributed by atoms with Crippen LogP contribution >= 0.6 is 0 Å². The first-order valence-corrected chi connectivity index (χ1v) is 4.78. The molecule has 0 bridgehead atoms. The molecule has 1 heterocycles. The van der Waals surface area contributed by atoms with Crippen molar-refractivity contribution in [2.75, 3.05) is 19.6 Å². The van der Waals surface area contributed by atoms with E-state index >= 15 is 0 Å². The van der Waals surface area contributed by atoms with Crippen molar-refractivity contribution >= 4 is 0 Å². The maximum Gasteiger partial charge on any atom is 0.0190 e. The maximum atomic E-state index is 4.02. The van der Waals surface area contributed by atoms with Gasteiger partial charge in [-0.05, 0) is 19.3 Å². The summed E-state index contributed by atoms with van der Waals surface area (Å²) in [5.41, 5.74) is 2.76. The van der Waals surface area contributed by atoms with Gasteiger partial charge in [0, 0.05) is 19.6 Å². The van der Waals surface area contributed by atoms with Crippen LogP contribution in [0.4, 0.5) is 0 Å². The van der Waals surface area contributed by atoms with E-state index in [0.717, 1.165) is 13.0 Å². The van der Waals surface area contributed by atoms with E-state index in [1.54, 1.807) is 0 Å². The summed E-state index contributed by atoms with van der Waals surface area (Å²) < 4.78 is 0. The Kier molecular flexibility index (Phi) is 3.54. The molecule has 1 aliphatic heterocycles. The predicted octanol–water partition coefficient (Wildman–Crippen LogP) is 2.60. The van der Waals surface area contributed by atoms with Gasteiger partial charge in [-0.15, -0.1) is 0 Å². The van der Waals surface area contributed by atoms with Crippen molar-refractivity contribution in [3.8, 4) is 0 Å². The molecular formula is C11H19N. The van der Waals surface area contributed by atoms with Gasteiger partial charge in [0.25, 0.3) is 0 Å². The summed E-state index contributed by atoms with van der Waals surface area (Å²) in [6, 6.07) is 0. The molecule has 0 aromatic rings. The highest BCUT2D eigenvalue weighted by atomic mass is 15.1. The number of rotatable bonds is 3. The molecule has 0 radical (unpaired) electrons. The summed E-state index contributed by atoms with van der Waals surface area (Å²) in [4.78, 5) is 2.47. The summed E-state index contributed by atoms with van der Waals surface area (Å²) in [6.07, 6.45) is 3.46. The number of piperidine rings is 1. The van der Waals surface area contributed by atoms with Gasteiger partial charge in [-0.25, -0.2) is 0 Å². The molecule has 12 heavy (non-hydrogen) atoms. The fourth-order valence-electron chi connectivity index (χ4n) is 1.46. The van der Waals surface area contributed by atoms with Gasteiger partial charge in [0.2, 0.25) is 0 Å². The van der Waals surface area contributed by atoms with Crippen LogP contribution in [-0.4, -0.2) is 24.5 Å². The van der Waals surface area contributed by atoms with Crippen LogP contribution in [-0.2, 0) is 0 Å². The second-order valence-electron chi connectivity index (χ2n) is 3.63. The maximum absolute atomic E-state index is 4.02. The molecule has 0 aromatic carbocycles. The lowest BCUT2D eigenvalue weighted by atomic mass is 10.1. The van der Waals surface area contributed by atoms with E-state index in [1.807, 2.05) is 0 Å². The molecule has 1 aliphatic rings. The summed E-state index contributed by atoms with van der Waals surface area (Å²) in [6.45, 7) is 13.6. The van der Waals surface area contributed by atoms with Gasteiger partial charge in [0.15, 0.2) is 0 Å². The van der Waals surface area contributed by atoms with Gasteiger partial charge in [0.1, 0.15) is 0 Å². The van der Waals surface area contributed by atoms with Crippen LogP contribution in [0, 0.1) is 0 Å². The van der Waals surface area contributed by atoms with Crippen molar-refractivity contribution in [1.29, 1.82) is 0 Å². The molecule has 68 valence electrons. The fraction of sp³-hybridized carbons (Fsp3) is 0.636. The molecule has 0 atom stereocenters. The Hall–Kier alpha value is -0.560. The molecule has 1 rings (SSSR count). The Morgan fingerprint density at radius 3 is 2.50 bits per heavy atom. The number of likely N-dealkylation sites (tertiary alicyclic amines) is 1. The highest BCUT2D eigenvalue weighted by molar-refractivity contribution is 5.02. The van der Waals surface area contributed by atoms with Crippen molar-refractivity contribution in [2.24, 2.45) is 0 Å². The van der Waals surface area contributed by atoms with Crippen molar-refractivity contribution in [3.05, 3.63) is 24.3 Å². The largest absolute Gasteiger partial charge is 0.299 e. The number of hydrogen-bond donors (Lipinski definition) is 0. The van der Waals surface area contributed by atoms with E-state index < -0.39 is 0 Å². The van der Waals surface area contributed by atoms with Gasteiger partial charge in [0.05, 0.1) is 0 Å². The van der Waals surface area contributed by atoms with Crippen LogP contribution in [0.15, 0.2) is 24.3 Å². The summed E-state index contributed by atoms with van der Waals surface area (Å²) in [7, 11) is 0. The summed E-state index contributed by atoms with van der Waals surface area (Å²) in [5.74, 6) is 0. The zero-order valence-electron chi connectivity index (χ0n) is 8.10. The SMILES string of the molecule is C=C1CCN(CC(=C)CC)CC1. The summed E-state index contributed by atoms with van der Waals surface area (Å²) >= 11 is 0. The van der Waals surface area contributed by atoms with Crippen LogP contribution in [0.25, 0.3) is 0 Å². The van der Waals surface area contributed by atoms with Gasteiger partial charge >= 0.3 is 0 Å². The molecule has 0 spiro atoms. The normalized spacial score (nSPS) is 19.6. The first-order chi connectivity index (χ1) is 5.72. The van der Waals surface area contributed by atoms with Crippen molar-refractivity contribution in [1.82, 2.24) is 4.90 Å². The fourth-order valence-corrected chi connectivity index (χ4v) is 1.46. The van der Waals surface area contributed by atoms with E-state index in [4.69, 9.17) is 0 Å². The molecule has 0 amide bonds. The molecule has 0 saturated carbocycles. The third-order valence-electron chi connectivity index (χ3n) is 2.51. The smallest absolute Gasteiger partial charge is 0.0190 e. The minimum absolute atomic E-state index is 1.09. The monoisotopic (exact) mass is 165 g/mol. The van der Waals surface area contributed by atoms with Crippen LogP contribution < -0.4 is 0 Å². The van der Waals surface area contributed by atoms with Crippen molar-refractivity contribution in [3.63, 3.8) is 0 Å². The molecule has 1 fully saturated rings. The lowest BCUT2D eigenvalue weighted by Gasteiger charge is -2.28. The topological polar surface area (TPSA) is 3.24 Å². The van der Waals surface area contributed by atoms with Gasteiger partial charge < -0.3 is 0 Å². The third-order valence-corrected chi connectivity index (χ3v) is 2.51. The molecule has 1 heteroatoms. The van der Waals surface area contributed by atoms with Crippen molar-refractivity contribution < 1.29 is 0 Å². The Balaban J connectivity index is 2.26. The first kappa shape index (κ1) is 9.53. The van der Waals surface area contributed by atoms with Crippen LogP contribution in [0.1, 0.15) is 26.2 Å². The molecule has 0 aromatic heterocycles. The minimum atomic E-state index is 1.09. The lowest BCUT2D eigenvalue weighted by Crippen LogP contribution is -2.31. The Labute approximate surface area is 75.8 Å². The second kappa shape index (κ2) is 4.46. The van der Waals surface area contributed by atoms with Gasteiger partial charge in [-0.3, -0.25) is 4.90 Å². The zero-order valence-corrected chi connectivity index (χ0v) is 8.10. The minimum Gasteiger partial charge on any atom is -0.299 e. The lowest BCUT2D eigenvalue weighted by molar-refractivity contribution is 0.276. The Morgan fingerprint density at radius 1 is 1.42 bits per heavy atom. The quantitative estimate of drug-likeness (QED) is 0.581. The molecular weight excluding hydrogens is 146 g/mol. The number of hydrogen-bond acceptors (Lipinski definition) is 1. The molecule has 1 nitrogen and oxygen atoms in total. The molecule has 0 unspecified atom stereocenters. The van der Waals surface area contributed by atoms with E-state index in [2.05, 4.69) is 25.0 Å². The number of nitrogens with zero attached hydrogens (tertiary/aromatic N) is 1. The Morgan fingerprint density at radius 2 is 2.00 bits per heavy atom.